The normalized spacial score (nSPS) is 10.2. The van der Waals surface area contributed by atoms with Gasteiger partial charge in [-0.25, -0.2) is 9.59 Å². The molecule has 0 saturated heterocycles. The van der Waals surface area contributed by atoms with Crippen LogP contribution < -0.4 is 5.73 Å². The largest absolute Gasteiger partial charge is 0.478 e. The minimum atomic E-state index is -1.10. The molecule has 0 aliphatic heterocycles. The van der Waals surface area contributed by atoms with E-state index in [0.29, 0.717) is 17.7 Å². The van der Waals surface area contributed by atoms with Crippen LogP contribution in [0.4, 0.5) is 0 Å². The number of esters is 1. The van der Waals surface area contributed by atoms with Crippen LogP contribution in [0, 0.1) is 0 Å². The maximum atomic E-state index is 11.9. The van der Waals surface area contributed by atoms with E-state index in [9.17, 15) is 14.7 Å². The quantitative estimate of drug-likeness (QED) is 0.841. The van der Waals surface area contributed by atoms with E-state index in [2.05, 4.69) is 0 Å². The van der Waals surface area contributed by atoms with Crippen molar-refractivity contribution < 1.29 is 19.4 Å². The van der Waals surface area contributed by atoms with Crippen molar-refractivity contribution >= 4 is 11.9 Å². The molecule has 108 valence electrons. The van der Waals surface area contributed by atoms with Crippen LogP contribution in [0.3, 0.4) is 0 Å². The number of ether oxygens (including phenoxy) is 1. The molecule has 0 aliphatic rings. The van der Waals surface area contributed by atoms with Gasteiger partial charge < -0.3 is 15.6 Å². The van der Waals surface area contributed by atoms with Gasteiger partial charge in [0.05, 0.1) is 18.2 Å². The van der Waals surface area contributed by atoms with Crippen LogP contribution in [-0.4, -0.2) is 24.2 Å². The lowest BCUT2D eigenvalue weighted by atomic mass is 9.93. The molecular weight excluding hydrogens is 270 g/mol. The Labute approximate surface area is 122 Å². The molecule has 3 N–H and O–H groups in total. The van der Waals surface area contributed by atoms with Crippen molar-refractivity contribution in [3.63, 3.8) is 0 Å². The Balaban J connectivity index is 2.74. The SMILES string of the molecule is COC(=O)c1cccc(C(=O)O)c1-c1cccc(CN)c1. The van der Waals surface area contributed by atoms with E-state index in [-0.39, 0.29) is 11.1 Å². The first-order valence-electron chi connectivity index (χ1n) is 6.32. The van der Waals surface area contributed by atoms with Gasteiger partial charge in [-0.15, -0.1) is 0 Å². The Kier molecular flexibility index (Phi) is 4.35. The number of aromatic carboxylic acids is 1. The highest BCUT2D eigenvalue weighted by atomic mass is 16.5. The van der Waals surface area contributed by atoms with Gasteiger partial charge in [0.25, 0.3) is 0 Å². The summed E-state index contributed by atoms with van der Waals surface area (Å²) in [5, 5.41) is 9.36. The zero-order chi connectivity index (χ0) is 15.4. The summed E-state index contributed by atoms with van der Waals surface area (Å²) in [6.07, 6.45) is 0. The average molecular weight is 285 g/mol. The number of rotatable bonds is 4. The van der Waals surface area contributed by atoms with Gasteiger partial charge in [0.1, 0.15) is 0 Å². The number of hydrogen-bond donors (Lipinski definition) is 2. The summed E-state index contributed by atoms with van der Waals surface area (Å²) in [5.41, 5.74) is 7.69. The van der Waals surface area contributed by atoms with Gasteiger partial charge in [-0.3, -0.25) is 0 Å². The molecule has 2 rings (SSSR count). The molecule has 0 unspecified atom stereocenters. The Bertz CT molecular complexity index is 694. The zero-order valence-corrected chi connectivity index (χ0v) is 11.5. The van der Waals surface area contributed by atoms with Gasteiger partial charge >= 0.3 is 11.9 Å². The fourth-order valence-corrected chi connectivity index (χ4v) is 2.18. The Morgan fingerprint density at radius 1 is 1.14 bits per heavy atom. The minimum Gasteiger partial charge on any atom is -0.478 e. The second-order valence-corrected chi connectivity index (χ2v) is 4.43. The molecule has 2 aromatic carbocycles. The maximum absolute atomic E-state index is 11.9. The molecule has 2 aromatic rings. The van der Waals surface area contributed by atoms with Crippen molar-refractivity contribution in [1.29, 1.82) is 0 Å². The monoisotopic (exact) mass is 285 g/mol. The van der Waals surface area contributed by atoms with Crippen LogP contribution in [-0.2, 0) is 11.3 Å². The lowest BCUT2D eigenvalue weighted by Crippen LogP contribution is -2.09. The van der Waals surface area contributed by atoms with E-state index in [1.165, 1.54) is 19.2 Å². The lowest BCUT2D eigenvalue weighted by Gasteiger charge is -2.12. The van der Waals surface area contributed by atoms with Gasteiger partial charge in [-0.2, -0.15) is 0 Å². The number of benzene rings is 2. The van der Waals surface area contributed by atoms with Crippen molar-refractivity contribution in [2.75, 3.05) is 7.11 Å². The summed E-state index contributed by atoms with van der Waals surface area (Å²) >= 11 is 0. The summed E-state index contributed by atoms with van der Waals surface area (Å²) in [5.74, 6) is -1.68. The highest BCUT2D eigenvalue weighted by Gasteiger charge is 2.20. The molecular formula is C16H15NO4. The Morgan fingerprint density at radius 2 is 1.81 bits per heavy atom. The lowest BCUT2D eigenvalue weighted by molar-refractivity contribution is 0.0601. The van der Waals surface area contributed by atoms with E-state index in [0.717, 1.165) is 5.56 Å². The van der Waals surface area contributed by atoms with Crippen LogP contribution in [0.15, 0.2) is 42.5 Å². The molecule has 0 radical (unpaired) electrons. The second kappa shape index (κ2) is 6.19. The highest BCUT2D eigenvalue weighted by Crippen LogP contribution is 2.29. The standard InChI is InChI=1S/C16H15NO4/c1-21-16(20)13-7-3-6-12(15(18)19)14(13)11-5-2-4-10(8-11)9-17/h2-8H,9,17H2,1H3,(H,18,19). The number of methoxy groups -OCH3 is 1. The third kappa shape index (κ3) is 2.93. The number of carboxylic acid groups (broad SMARTS) is 1. The third-order valence-corrected chi connectivity index (χ3v) is 3.15. The number of hydrogen-bond acceptors (Lipinski definition) is 4. The van der Waals surface area contributed by atoms with E-state index >= 15 is 0 Å². The van der Waals surface area contributed by atoms with Crippen molar-refractivity contribution in [1.82, 2.24) is 0 Å². The van der Waals surface area contributed by atoms with Gasteiger partial charge in [0.15, 0.2) is 0 Å². The number of carboxylic acids is 1. The smallest absolute Gasteiger partial charge is 0.338 e. The molecule has 0 saturated carbocycles. The summed E-state index contributed by atoms with van der Waals surface area (Å²) in [6, 6.07) is 11.7. The second-order valence-electron chi connectivity index (χ2n) is 4.43. The molecule has 0 heterocycles. The predicted octanol–water partition coefficient (Wildman–Crippen LogP) is 2.30. The Morgan fingerprint density at radius 3 is 2.43 bits per heavy atom. The van der Waals surface area contributed by atoms with Crippen LogP contribution in [0.25, 0.3) is 11.1 Å². The molecule has 5 nitrogen and oxygen atoms in total. The maximum Gasteiger partial charge on any atom is 0.338 e. The van der Waals surface area contributed by atoms with Crippen LogP contribution in [0.2, 0.25) is 0 Å². The molecule has 0 aromatic heterocycles. The molecule has 0 fully saturated rings. The van der Waals surface area contributed by atoms with Crippen LogP contribution in [0.5, 0.6) is 0 Å². The molecule has 0 aliphatic carbocycles. The highest BCUT2D eigenvalue weighted by molar-refractivity contribution is 6.05. The summed E-state index contributed by atoms with van der Waals surface area (Å²) in [4.78, 5) is 23.3. The van der Waals surface area contributed by atoms with Crippen LogP contribution >= 0.6 is 0 Å². The minimum absolute atomic E-state index is 0.0482. The molecule has 0 spiro atoms. The molecule has 21 heavy (non-hydrogen) atoms. The first-order valence-corrected chi connectivity index (χ1v) is 6.32. The van der Waals surface area contributed by atoms with Gasteiger partial charge in [-0.05, 0) is 29.3 Å². The summed E-state index contributed by atoms with van der Waals surface area (Å²) < 4.78 is 4.73. The Hall–Kier alpha value is -2.66. The van der Waals surface area contributed by atoms with E-state index < -0.39 is 11.9 Å². The van der Waals surface area contributed by atoms with Crippen LogP contribution in [0.1, 0.15) is 26.3 Å². The number of nitrogens with two attached hydrogens (primary N) is 1. The zero-order valence-electron chi connectivity index (χ0n) is 11.5. The van der Waals surface area contributed by atoms with Crippen molar-refractivity contribution in [2.45, 2.75) is 6.54 Å². The van der Waals surface area contributed by atoms with E-state index in [1.54, 1.807) is 24.3 Å². The topological polar surface area (TPSA) is 89.6 Å². The fourth-order valence-electron chi connectivity index (χ4n) is 2.18. The van der Waals surface area contributed by atoms with Gasteiger partial charge in [0, 0.05) is 12.1 Å². The van der Waals surface area contributed by atoms with Gasteiger partial charge in [0.2, 0.25) is 0 Å². The number of carbonyl (C=O) groups excluding carboxylic acids is 1. The van der Waals surface area contributed by atoms with Gasteiger partial charge in [-0.1, -0.05) is 24.3 Å². The van der Waals surface area contributed by atoms with E-state index in [4.69, 9.17) is 10.5 Å². The molecule has 0 atom stereocenters. The third-order valence-electron chi connectivity index (χ3n) is 3.15. The summed E-state index contributed by atoms with van der Waals surface area (Å²) in [6.45, 7) is 0.330. The van der Waals surface area contributed by atoms with Crippen molar-refractivity contribution in [3.8, 4) is 11.1 Å². The molecule has 0 bridgehead atoms. The average Bonchev–Trinajstić information content (AvgIpc) is 2.53. The van der Waals surface area contributed by atoms with E-state index in [1.807, 2.05) is 6.07 Å². The molecule has 5 heteroatoms. The number of carbonyl (C=O) groups is 2. The summed E-state index contributed by atoms with van der Waals surface area (Å²) in [7, 11) is 1.26. The molecule has 0 amide bonds. The predicted molar refractivity (Wildman–Crippen MR) is 78.1 cm³/mol. The first kappa shape index (κ1) is 14.7. The van der Waals surface area contributed by atoms with Crippen molar-refractivity contribution in [3.05, 3.63) is 59.2 Å². The fraction of sp³-hybridized carbons (Fsp3) is 0.125. The van der Waals surface area contributed by atoms with Crippen molar-refractivity contribution in [2.24, 2.45) is 5.73 Å². The first-order chi connectivity index (χ1) is 10.1.